The molecule has 0 aromatic heterocycles. The minimum Gasteiger partial charge on any atom is -0.347 e. The predicted octanol–water partition coefficient (Wildman–Crippen LogP) is 5.87. The van der Waals surface area contributed by atoms with Crippen molar-refractivity contribution >= 4 is 27.5 Å². The molecule has 0 saturated carbocycles. The Kier molecular flexibility index (Phi) is 7.92. The molecule has 10 heteroatoms. The summed E-state index contributed by atoms with van der Waals surface area (Å²) in [4.78, 5) is 12.8. The first-order chi connectivity index (χ1) is 16.4. The third kappa shape index (κ3) is 6.23. The van der Waals surface area contributed by atoms with Crippen LogP contribution < -0.4 is 5.32 Å². The van der Waals surface area contributed by atoms with Gasteiger partial charge in [-0.1, -0.05) is 48.0 Å². The summed E-state index contributed by atoms with van der Waals surface area (Å²) in [7, 11) is -2.70. The number of rotatable bonds is 7. The summed E-state index contributed by atoms with van der Waals surface area (Å²) in [5, 5.41) is 3.07. The van der Waals surface area contributed by atoms with E-state index in [9.17, 15) is 26.4 Å². The van der Waals surface area contributed by atoms with Crippen molar-refractivity contribution in [3.63, 3.8) is 0 Å². The number of nitrogens with zero attached hydrogens (tertiary/aromatic N) is 1. The van der Waals surface area contributed by atoms with Crippen LogP contribution in [0.1, 0.15) is 18.1 Å². The van der Waals surface area contributed by atoms with Gasteiger partial charge in [0.05, 0.1) is 10.5 Å². The molecule has 1 N–H and O–H groups in total. The average Bonchev–Trinajstić information content (AvgIpc) is 2.83. The maximum atomic E-state index is 12.9. The number of nitrogens with one attached hydrogen (secondary N) is 1. The van der Waals surface area contributed by atoms with E-state index in [0.717, 1.165) is 16.4 Å². The van der Waals surface area contributed by atoms with E-state index in [4.69, 9.17) is 11.6 Å². The van der Waals surface area contributed by atoms with Crippen molar-refractivity contribution in [2.75, 3.05) is 7.05 Å². The first kappa shape index (κ1) is 26.3. The number of benzene rings is 3. The summed E-state index contributed by atoms with van der Waals surface area (Å²) in [5.74, 6) is -0.604. The molecule has 5 nitrogen and oxygen atoms in total. The predicted molar refractivity (Wildman–Crippen MR) is 129 cm³/mol. The topological polar surface area (TPSA) is 66.5 Å². The van der Waals surface area contributed by atoms with Gasteiger partial charge in [0, 0.05) is 18.6 Å². The maximum absolute atomic E-state index is 12.9. The quantitative estimate of drug-likeness (QED) is 0.395. The molecule has 3 rings (SSSR count). The van der Waals surface area contributed by atoms with E-state index in [2.05, 4.69) is 5.32 Å². The molecule has 0 heterocycles. The Bertz CT molecular complexity index is 1340. The highest BCUT2D eigenvalue weighted by Crippen LogP contribution is 2.31. The molecule has 0 aliphatic carbocycles. The zero-order chi connectivity index (χ0) is 25.8. The van der Waals surface area contributed by atoms with Crippen LogP contribution in [0.4, 0.5) is 13.2 Å². The highest BCUT2D eigenvalue weighted by atomic mass is 35.5. The van der Waals surface area contributed by atoms with E-state index < -0.39 is 27.7 Å². The smallest absolute Gasteiger partial charge is 0.347 e. The number of carbonyl (C=O) groups is 1. The van der Waals surface area contributed by atoms with Crippen LogP contribution in [-0.4, -0.2) is 25.7 Å². The Balaban J connectivity index is 1.72. The fraction of sp³-hybridized carbons (Fsp3) is 0.160. The van der Waals surface area contributed by atoms with Crippen LogP contribution in [0.25, 0.3) is 11.1 Å². The number of carbonyl (C=O) groups excluding carboxylic acids is 1. The molecule has 1 amide bonds. The van der Waals surface area contributed by atoms with Crippen LogP contribution in [0.5, 0.6) is 0 Å². The number of alkyl halides is 3. The van der Waals surface area contributed by atoms with Gasteiger partial charge in [0.15, 0.2) is 0 Å². The third-order valence-electron chi connectivity index (χ3n) is 5.24. The highest BCUT2D eigenvalue weighted by molar-refractivity contribution is 7.89. The first-order valence-corrected chi connectivity index (χ1v) is 12.2. The monoisotopic (exact) mass is 522 g/mol. The van der Waals surface area contributed by atoms with Crippen LogP contribution in [-0.2, 0) is 27.5 Å². The molecule has 0 bridgehead atoms. The minimum atomic E-state index is -4.41. The van der Waals surface area contributed by atoms with Crippen molar-refractivity contribution in [2.24, 2.45) is 0 Å². The fourth-order valence-corrected chi connectivity index (χ4v) is 4.70. The van der Waals surface area contributed by atoms with Gasteiger partial charge in [0.25, 0.3) is 15.9 Å². The van der Waals surface area contributed by atoms with E-state index >= 15 is 0 Å². The van der Waals surface area contributed by atoms with Gasteiger partial charge in [-0.05, 0) is 66.1 Å². The molecule has 35 heavy (non-hydrogen) atoms. The van der Waals surface area contributed by atoms with E-state index in [0.29, 0.717) is 21.7 Å². The van der Waals surface area contributed by atoms with Gasteiger partial charge in [-0.2, -0.15) is 13.2 Å². The van der Waals surface area contributed by atoms with E-state index in [1.165, 1.54) is 49.5 Å². The number of amides is 1. The second kappa shape index (κ2) is 10.5. The molecule has 3 aromatic rings. The lowest BCUT2D eigenvalue weighted by atomic mass is 10.0. The molecule has 0 spiro atoms. The molecule has 0 atom stereocenters. The zero-order valence-corrected chi connectivity index (χ0v) is 20.4. The highest BCUT2D eigenvalue weighted by Gasteiger charge is 2.30. The molecule has 0 saturated heterocycles. The van der Waals surface area contributed by atoms with Crippen LogP contribution in [0.3, 0.4) is 0 Å². The fourth-order valence-electron chi connectivity index (χ4n) is 3.34. The molecule has 0 unspecified atom stereocenters. The molecule has 0 aliphatic heterocycles. The van der Waals surface area contributed by atoms with Crippen LogP contribution in [0.15, 0.2) is 89.5 Å². The average molecular weight is 523 g/mol. The Morgan fingerprint density at radius 2 is 1.63 bits per heavy atom. The van der Waals surface area contributed by atoms with E-state index in [-0.39, 0.29) is 17.1 Å². The van der Waals surface area contributed by atoms with Crippen molar-refractivity contribution in [1.82, 2.24) is 9.62 Å². The Morgan fingerprint density at radius 3 is 2.20 bits per heavy atom. The second-order valence-corrected chi connectivity index (χ2v) is 9.96. The van der Waals surface area contributed by atoms with Crippen molar-refractivity contribution in [1.29, 1.82) is 0 Å². The van der Waals surface area contributed by atoms with Crippen LogP contribution in [0, 0.1) is 0 Å². The van der Waals surface area contributed by atoms with Gasteiger partial charge in [-0.25, -0.2) is 8.42 Å². The van der Waals surface area contributed by atoms with E-state index in [1.54, 1.807) is 31.2 Å². The standard InChI is InChI=1S/C25H22ClF3N2O3S/c1-3-23(31(2)35(33,34)22-13-11-21(26)12-14-22)24(32)30-16-17-5-4-6-19(15-17)18-7-9-20(10-8-18)25(27,28)29/h3-15H,16H2,1-2H3,(H,30,32)/b23-3-. The second-order valence-electron chi connectivity index (χ2n) is 7.56. The number of hydrogen-bond acceptors (Lipinski definition) is 3. The molecular weight excluding hydrogens is 501 g/mol. The van der Waals surface area contributed by atoms with Gasteiger partial charge >= 0.3 is 6.18 Å². The van der Waals surface area contributed by atoms with Gasteiger partial charge in [-0.3, -0.25) is 9.10 Å². The molecule has 184 valence electrons. The summed E-state index contributed by atoms with van der Waals surface area (Å²) >= 11 is 5.83. The number of halogens is 4. The molecule has 0 aliphatic rings. The first-order valence-electron chi connectivity index (χ1n) is 10.4. The summed E-state index contributed by atoms with van der Waals surface area (Å²) < 4.78 is 65.1. The molecule has 0 fully saturated rings. The van der Waals surface area contributed by atoms with Crippen molar-refractivity contribution in [2.45, 2.75) is 24.5 Å². The van der Waals surface area contributed by atoms with Gasteiger partial charge in [-0.15, -0.1) is 0 Å². The normalized spacial score (nSPS) is 12.3. The lowest BCUT2D eigenvalue weighted by Gasteiger charge is -2.22. The number of hydrogen-bond donors (Lipinski definition) is 1. The van der Waals surface area contributed by atoms with Crippen molar-refractivity contribution in [3.05, 3.63) is 101 Å². The van der Waals surface area contributed by atoms with Crippen LogP contribution >= 0.6 is 11.6 Å². The Labute approximate surface area is 206 Å². The number of likely N-dealkylation sites (N-methyl/N-ethyl adjacent to an activating group) is 1. The molecule has 3 aromatic carbocycles. The SMILES string of the molecule is C/C=C(/C(=O)NCc1cccc(-c2ccc(C(F)(F)F)cc2)c1)N(C)S(=O)(=O)c1ccc(Cl)cc1. The lowest BCUT2D eigenvalue weighted by molar-refractivity contribution is -0.137. The largest absolute Gasteiger partial charge is 0.416 e. The summed E-state index contributed by atoms with van der Waals surface area (Å²) in [5.41, 5.74) is 1.16. The molecule has 0 radical (unpaired) electrons. The van der Waals surface area contributed by atoms with Gasteiger partial charge < -0.3 is 5.32 Å². The lowest BCUT2D eigenvalue weighted by Crippen LogP contribution is -2.36. The Hall–Kier alpha value is -3.30. The summed E-state index contributed by atoms with van der Waals surface area (Å²) in [6.07, 6.45) is -3.02. The third-order valence-corrected chi connectivity index (χ3v) is 7.28. The van der Waals surface area contributed by atoms with E-state index in [1.807, 2.05) is 0 Å². The van der Waals surface area contributed by atoms with Crippen molar-refractivity contribution in [3.8, 4) is 11.1 Å². The van der Waals surface area contributed by atoms with Gasteiger partial charge in [0.2, 0.25) is 0 Å². The zero-order valence-electron chi connectivity index (χ0n) is 18.8. The number of sulfonamides is 1. The van der Waals surface area contributed by atoms with Crippen molar-refractivity contribution < 1.29 is 26.4 Å². The Morgan fingerprint density at radius 1 is 1.00 bits per heavy atom. The van der Waals surface area contributed by atoms with Gasteiger partial charge in [0.1, 0.15) is 5.70 Å². The minimum absolute atomic E-state index is 0.0132. The number of allylic oxidation sites excluding steroid dienone is 1. The maximum Gasteiger partial charge on any atom is 0.416 e. The summed E-state index contributed by atoms with van der Waals surface area (Å²) in [6.45, 7) is 1.63. The van der Waals surface area contributed by atoms with Crippen LogP contribution in [0.2, 0.25) is 5.02 Å². The summed E-state index contributed by atoms with van der Waals surface area (Å²) in [6, 6.07) is 17.4. The molecular formula is C25H22ClF3N2O3S.